The smallest absolute Gasteiger partial charge is 0.416 e. The summed E-state index contributed by atoms with van der Waals surface area (Å²) in [6.45, 7) is 1.31. The number of rotatable bonds is 4. The molecule has 3 N–H and O–H groups in total. The van der Waals surface area contributed by atoms with Crippen LogP contribution in [0.5, 0.6) is 0 Å². The zero-order valence-corrected chi connectivity index (χ0v) is 11.4. The van der Waals surface area contributed by atoms with Crippen molar-refractivity contribution in [1.82, 2.24) is 10.3 Å². The van der Waals surface area contributed by atoms with Gasteiger partial charge in [0.15, 0.2) is 0 Å². The van der Waals surface area contributed by atoms with Crippen molar-refractivity contribution >= 4 is 11.9 Å². The summed E-state index contributed by atoms with van der Waals surface area (Å²) in [5, 5.41) is 11.3. The maximum Gasteiger partial charge on any atom is 0.416 e. The molecule has 0 saturated carbocycles. The molecule has 1 amide bonds. The lowest BCUT2D eigenvalue weighted by Crippen LogP contribution is -2.41. The molecule has 0 spiro atoms. The highest BCUT2D eigenvalue weighted by molar-refractivity contribution is 5.82. The Morgan fingerprint density at radius 1 is 1.33 bits per heavy atom. The summed E-state index contributed by atoms with van der Waals surface area (Å²) in [6.07, 6.45) is 3.03. The molecule has 0 saturated heterocycles. The molecule has 112 valence electrons. The Morgan fingerprint density at radius 3 is 2.38 bits per heavy atom. The van der Waals surface area contributed by atoms with E-state index in [1.54, 1.807) is 0 Å². The van der Waals surface area contributed by atoms with Gasteiger partial charge in [0.25, 0.3) is 0 Å². The summed E-state index contributed by atoms with van der Waals surface area (Å²) in [7, 11) is 0. The van der Waals surface area contributed by atoms with E-state index in [0.717, 1.165) is 5.56 Å². The highest BCUT2D eigenvalue weighted by Gasteiger charge is 2.18. The van der Waals surface area contributed by atoms with Gasteiger partial charge < -0.3 is 14.8 Å². The normalized spacial score (nSPS) is 10.9. The van der Waals surface area contributed by atoms with Gasteiger partial charge in [-0.1, -0.05) is 30.3 Å². The predicted molar refractivity (Wildman–Crippen MR) is 74.7 cm³/mol. The van der Waals surface area contributed by atoms with E-state index in [2.05, 4.69) is 14.7 Å². The van der Waals surface area contributed by atoms with Crippen LogP contribution in [0.2, 0.25) is 0 Å². The van der Waals surface area contributed by atoms with Crippen LogP contribution in [0, 0.1) is 0 Å². The number of nitrogens with one attached hydrogen (secondary N) is 2. The molecular formula is C14H16N2O5. The van der Waals surface area contributed by atoms with Crippen LogP contribution < -0.4 is 11.1 Å². The van der Waals surface area contributed by atoms with Crippen molar-refractivity contribution in [3.05, 3.63) is 58.9 Å². The van der Waals surface area contributed by atoms with Crippen molar-refractivity contribution in [3.8, 4) is 0 Å². The molecular weight excluding hydrogens is 276 g/mol. The van der Waals surface area contributed by atoms with Crippen molar-refractivity contribution in [3.63, 3.8) is 0 Å². The van der Waals surface area contributed by atoms with E-state index in [1.807, 2.05) is 30.3 Å². The van der Waals surface area contributed by atoms with Crippen molar-refractivity contribution in [2.45, 2.75) is 19.4 Å². The van der Waals surface area contributed by atoms with E-state index in [4.69, 9.17) is 5.11 Å². The lowest BCUT2D eigenvalue weighted by molar-refractivity contribution is -0.141. The van der Waals surface area contributed by atoms with Crippen LogP contribution in [-0.4, -0.2) is 28.0 Å². The molecule has 1 aromatic carbocycles. The molecule has 2 rings (SSSR count). The minimum atomic E-state index is -1.02. The number of carboxylic acids is 1. The summed E-state index contributed by atoms with van der Waals surface area (Å²) < 4.78 is 4.22. The maximum absolute atomic E-state index is 10.8. The van der Waals surface area contributed by atoms with Crippen molar-refractivity contribution < 1.29 is 19.1 Å². The van der Waals surface area contributed by atoms with E-state index in [-0.39, 0.29) is 5.91 Å². The molecule has 0 bridgehead atoms. The quantitative estimate of drug-likeness (QED) is 0.771. The van der Waals surface area contributed by atoms with E-state index < -0.39 is 17.8 Å². The minimum absolute atomic E-state index is 0.301. The largest absolute Gasteiger partial charge is 0.480 e. The van der Waals surface area contributed by atoms with Crippen LogP contribution in [0.25, 0.3) is 0 Å². The number of carbonyl (C=O) groups excluding carboxylic acids is 1. The number of carbonyl (C=O) groups is 2. The lowest BCUT2D eigenvalue weighted by Gasteiger charge is -2.12. The van der Waals surface area contributed by atoms with Crippen LogP contribution >= 0.6 is 0 Å². The van der Waals surface area contributed by atoms with Gasteiger partial charge in [-0.2, -0.15) is 0 Å². The van der Waals surface area contributed by atoms with E-state index in [0.29, 0.717) is 6.42 Å². The number of aromatic amines is 1. The first kappa shape index (κ1) is 16.2. The van der Waals surface area contributed by atoms with E-state index in [9.17, 15) is 14.4 Å². The fourth-order valence-corrected chi connectivity index (χ4v) is 1.53. The minimum Gasteiger partial charge on any atom is -0.480 e. The molecule has 0 fully saturated rings. The first-order valence-corrected chi connectivity index (χ1v) is 6.15. The predicted octanol–water partition coefficient (Wildman–Crippen LogP) is 0.786. The topological polar surface area (TPSA) is 112 Å². The molecule has 2 aromatic rings. The molecule has 1 unspecified atom stereocenters. The second kappa shape index (κ2) is 8.36. The van der Waals surface area contributed by atoms with Gasteiger partial charge in [-0.25, -0.2) is 9.59 Å². The number of hydrogen-bond donors (Lipinski definition) is 3. The molecule has 7 heteroatoms. The molecule has 21 heavy (non-hydrogen) atoms. The lowest BCUT2D eigenvalue weighted by atomic mass is 10.1. The fourth-order valence-electron chi connectivity index (χ4n) is 1.53. The Hall–Kier alpha value is -2.83. The third kappa shape index (κ3) is 6.76. The number of hydrogen-bond acceptors (Lipinski definition) is 4. The molecule has 0 radical (unpaired) electrons. The third-order valence-corrected chi connectivity index (χ3v) is 2.40. The second-order valence-electron chi connectivity index (χ2n) is 4.13. The van der Waals surface area contributed by atoms with Gasteiger partial charge in [0.1, 0.15) is 12.3 Å². The van der Waals surface area contributed by atoms with Gasteiger partial charge >= 0.3 is 11.7 Å². The van der Waals surface area contributed by atoms with Crippen molar-refractivity contribution in [2.75, 3.05) is 0 Å². The number of aromatic nitrogens is 1. The van der Waals surface area contributed by atoms with Gasteiger partial charge in [-0.05, 0) is 5.56 Å². The monoisotopic (exact) mass is 292 g/mol. The molecule has 0 aliphatic carbocycles. The molecule has 7 nitrogen and oxygen atoms in total. The molecule has 1 atom stereocenters. The zero-order chi connectivity index (χ0) is 15.7. The Morgan fingerprint density at radius 2 is 2.00 bits per heavy atom. The Kier molecular flexibility index (Phi) is 6.46. The van der Waals surface area contributed by atoms with Crippen LogP contribution in [0.3, 0.4) is 0 Å². The van der Waals surface area contributed by atoms with Crippen LogP contribution in [0.4, 0.5) is 0 Å². The maximum atomic E-state index is 10.8. The summed E-state index contributed by atoms with van der Waals surface area (Å²) in [6, 6.07) is 8.34. The third-order valence-electron chi connectivity index (χ3n) is 2.40. The molecule has 0 aliphatic heterocycles. The van der Waals surface area contributed by atoms with Crippen LogP contribution in [0.15, 0.2) is 52.0 Å². The number of aliphatic carboxylic acids is 1. The number of H-pyrrole nitrogens is 1. The summed E-state index contributed by atoms with van der Waals surface area (Å²) in [5.41, 5.74) is 0.888. The fraction of sp³-hybridized carbons (Fsp3) is 0.214. The van der Waals surface area contributed by atoms with Crippen molar-refractivity contribution in [1.29, 1.82) is 0 Å². The first-order valence-electron chi connectivity index (χ1n) is 6.15. The van der Waals surface area contributed by atoms with Crippen LogP contribution in [-0.2, 0) is 16.0 Å². The zero-order valence-electron chi connectivity index (χ0n) is 11.4. The highest BCUT2D eigenvalue weighted by Crippen LogP contribution is 2.03. The van der Waals surface area contributed by atoms with Crippen molar-refractivity contribution in [2.24, 2.45) is 0 Å². The number of carboxylic acid groups (broad SMARTS) is 1. The molecule has 1 aromatic heterocycles. The van der Waals surface area contributed by atoms with Gasteiger partial charge in [0, 0.05) is 19.5 Å². The molecule has 1 heterocycles. The summed E-state index contributed by atoms with van der Waals surface area (Å²) >= 11 is 0. The number of oxazole rings is 1. The Balaban J connectivity index is 0.000000304. The average Bonchev–Trinajstić information content (AvgIpc) is 2.90. The highest BCUT2D eigenvalue weighted by atomic mass is 16.4. The van der Waals surface area contributed by atoms with E-state index in [1.165, 1.54) is 19.4 Å². The van der Waals surface area contributed by atoms with Crippen LogP contribution in [0.1, 0.15) is 12.5 Å². The number of amides is 1. The van der Waals surface area contributed by atoms with Gasteiger partial charge in [0.05, 0.1) is 0 Å². The standard InChI is InChI=1S/C11H13NO3.C3H3NO2/c1-8(13)12-10(11(14)15)7-9-5-3-2-4-6-9;5-3-4-1-2-6-3/h2-6,10H,7H2,1H3,(H,12,13)(H,14,15);1-2H,(H,4,5). The summed E-state index contributed by atoms with van der Waals surface area (Å²) in [5.74, 6) is -1.76. The van der Waals surface area contributed by atoms with Gasteiger partial charge in [-0.15, -0.1) is 0 Å². The van der Waals surface area contributed by atoms with Gasteiger partial charge in [0.2, 0.25) is 5.91 Å². The number of benzene rings is 1. The van der Waals surface area contributed by atoms with Gasteiger partial charge in [-0.3, -0.25) is 9.78 Å². The summed E-state index contributed by atoms with van der Waals surface area (Å²) in [4.78, 5) is 33.7. The average molecular weight is 292 g/mol. The SMILES string of the molecule is CC(=O)NC(Cc1ccccc1)C(=O)O.O=c1[nH]cco1. The van der Waals surface area contributed by atoms with E-state index >= 15 is 0 Å². The second-order valence-corrected chi connectivity index (χ2v) is 4.13. The Labute approximate surface area is 120 Å². The first-order chi connectivity index (χ1) is 9.99. The molecule has 0 aliphatic rings. The Bertz CT molecular complexity index is 601.